The van der Waals surface area contributed by atoms with Crippen LogP contribution in [0.3, 0.4) is 0 Å². The van der Waals surface area contributed by atoms with Crippen LogP contribution in [0.5, 0.6) is 5.75 Å². The van der Waals surface area contributed by atoms with Crippen LogP contribution in [-0.4, -0.2) is 134 Å². The molecule has 3 aromatic heterocycles. The molecule has 512 valence electrons. The molecule has 8 aromatic carbocycles. The van der Waals surface area contributed by atoms with E-state index in [9.17, 15) is 104 Å². The van der Waals surface area contributed by atoms with Gasteiger partial charge in [0, 0.05) is 44.8 Å². The topological polar surface area (TPSA) is 628 Å². The number of anilines is 2. The SMILES string of the molecule is Nc1c(N=Nc2ccc(S(=O)(=O)O)cc2)c(S(=O)(=O)O)cc2cc(S(=O)(=O)O)c(N=Nc3cc(NS(=O)(=O)c4ccc5c(c4)-c4nc-5nc5[n-]c(nc6nc(nc7[n-]c(n4)c4cc(S(=O)(=O)O)ccc74)-c4cc(S(=O)(=O)O)ccc4-6)c4cc(S(=O)(=O)O)ccc54)ccc3S(=O)(=O)O)c(O)c12.[Zn+2]. The Hall–Kier alpha value is -10.1. The molecule has 0 spiro atoms. The minimum atomic E-state index is -5.63. The minimum Gasteiger partial charge on any atom is -0.505 e. The molecule has 0 amide bonds. The molecule has 0 aliphatic carbocycles. The third kappa shape index (κ3) is 13.4. The number of hydrogen-bond acceptors (Lipinski definition) is 28. The van der Waals surface area contributed by atoms with Gasteiger partial charge in [-0.1, -0.05) is 24.3 Å². The van der Waals surface area contributed by atoms with Crippen LogP contribution in [0.25, 0.3) is 100 Å². The molecule has 0 unspecified atom stereocenters. The summed E-state index contributed by atoms with van der Waals surface area (Å²) in [5.41, 5.74) is -0.309. The summed E-state index contributed by atoms with van der Waals surface area (Å²) in [6, 6.07) is 19.4. The maximum atomic E-state index is 14.6. The molecule has 101 heavy (non-hydrogen) atoms. The number of aromatic hydroxyl groups is 1. The summed E-state index contributed by atoms with van der Waals surface area (Å²) >= 11 is 0. The van der Waals surface area contributed by atoms with Gasteiger partial charge in [0.25, 0.3) is 80.9 Å². The average molecular weight is 1580 g/mol. The number of sulfonamides is 1. The second kappa shape index (κ2) is 24.3. The smallest absolute Gasteiger partial charge is 0.505 e. The summed E-state index contributed by atoms with van der Waals surface area (Å²) in [5.74, 6) is -2.70. The Morgan fingerprint density at radius 2 is 0.762 bits per heavy atom. The first-order chi connectivity index (χ1) is 46.5. The van der Waals surface area contributed by atoms with Crippen molar-refractivity contribution >= 4 is 170 Å². The molecule has 5 heterocycles. The van der Waals surface area contributed by atoms with Gasteiger partial charge >= 0.3 is 19.5 Å². The molecule has 0 radical (unpaired) electrons. The Labute approximate surface area is 578 Å². The third-order valence-corrected chi connectivity index (χ3v) is 22.2. The van der Waals surface area contributed by atoms with Gasteiger partial charge in [0.15, 0.2) is 5.75 Å². The molecule has 2 aliphatic heterocycles. The number of rotatable bonds is 14. The van der Waals surface area contributed by atoms with Crippen LogP contribution in [0.2, 0.25) is 0 Å². The number of nitrogen functional groups attached to an aromatic ring is 1. The number of phenolic OH excluding ortho intramolecular Hbond substituents is 1. The quantitative estimate of drug-likeness (QED) is 0.0228. The van der Waals surface area contributed by atoms with E-state index >= 15 is 0 Å². The number of hydrogen-bond donors (Lipinski definition) is 10. The molecule has 13 rings (SSSR count). The van der Waals surface area contributed by atoms with Gasteiger partial charge < -0.3 is 40.7 Å². The Balaban J connectivity index is 0.00000965. The monoisotopic (exact) mass is 1580 g/mol. The number of nitrogens with zero attached hydrogens (tertiary/aromatic N) is 12. The second-order valence-corrected chi connectivity index (χ2v) is 32.7. The molecule has 38 nitrogen and oxygen atoms in total. The maximum Gasteiger partial charge on any atom is 2.00 e. The van der Waals surface area contributed by atoms with Crippen molar-refractivity contribution in [3.05, 3.63) is 127 Å². The molecular weight excluding hydrogens is 1550 g/mol. The number of azo groups is 2. The van der Waals surface area contributed by atoms with Crippen molar-refractivity contribution in [2.24, 2.45) is 20.5 Å². The fourth-order valence-electron chi connectivity index (χ4n) is 10.3. The average Bonchev–Trinajstić information content (AvgIpc) is 1.74. The van der Waals surface area contributed by atoms with Gasteiger partial charge in [0.2, 0.25) is 0 Å². The first kappa shape index (κ1) is 70.8. The first-order valence-corrected chi connectivity index (χ1v) is 38.4. The van der Waals surface area contributed by atoms with Gasteiger partial charge in [-0.3, -0.25) is 36.6 Å². The van der Waals surface area contributed by atoms with Crippen LogP contribution in [0.15, 0.2) is 187 Å². The van der Waals surface area contributed by atoms with Gasteiger partial charge in [-0.25, -0.2) is 18.4 Å². The second-order valence-electron chi connectivity index (χ2n) is 21.1. The number of phenols is 1. The number of nitrogens with one attached hydrogen (secondary N) is 1. The van der Waals surface area contributed by atoms with Crippen molar-refractivity contribution < 1.29 is 124 Å². The molecule has 0 fully saturated rings. The number of nitrogens with two attached hydrogens (primary N) is 1. The summed E-state index contributed by atoms with van der Waals surface area (Å²) in [6.07, 6.45) is 0. The van der Waals surface area contributed by atoms with Crippen molar-refractivity contribution in [2.45, 2.75) is 39.2 Å². The first-order valence-electron chi connectivity index (χ1n) is 26.8. The molecule has 0 atom stereocenters. The Bertz CT molecular complexity index is 6830. The third-order valence-electron chi connectivity index (χ3n) is 14.8. The van der Waals surface area contributed by atoms with E-state index in [1.54, 1.807) is 0 Å². The molecule has 0 saturated heterocycles. The maximum absolute atomic E-state index is 14.6. The number of benzene rings is 8. The fourth-order valence-corrected chi connectivity index (χ4v) is 15.3. The molecule has 8 bridgehead atoms. The summed E-state index contributed by atoms with van der Waals surface area (Å²) in [5, 5.41) is 24.8. The minimum absolute atomic E-state index is 0. The van der Waals surface area contributed by atoms with Crippen molar-refractivity contribution in [1.82, 2.24) is 39.9 Å². The zero-order chi connectivity index (χ0) is 72.1. The van der Waals surface area contributed by atoms with Crippen molar-refractivity contribution in [1.29, 1.82) is 0 Å². The number of fused-ring (bicyclic) bond motifs is 21. The molecule has 0 saturated carbocycles. The zero-order valence-electron chi connectivity index (χ0n) is 49.2. The van der Waals surface area contributed by atoms with Crippen molar-refractivity contribution in [2.75, 3.05) is 10.5 Å². The largest absolute Gasteiger partial charge is 2.00 e. The molecular formula is C54H32N14O24S8Zn. The van der Waals surface area contributed by atoms with Gasteiger partial charge in [-0.05, 0) is 130 Å². The van der Waals surface area contributed by atoms with E-state index in [4.69, 9.17) is 5.73 Å². The Morgan fingerprint density at radius 3 is 1.23 bits per heavy atom. The van der Waals surface area contributed by atoms with Crippen LogP contribution < -0.4 is 20.4 Å². The van der Waals surface area contributed by atoms with Crippen LogP contribution >= 0.6 is 0 Å². The van der Waals surface area contributed by atoms with E-state index in [1.807, 2.05) is 0 Å². The van der Waals surface area contributed by atoms with Gasteiger partial charge in [-0.15, -0.1) is 15.3 Å². The van der Waals surface area contributed by atoms with E-state index in [2.05, 4.69) is 65.1 Å². The standard InChI is InChI=1S/C54H32N14O24S8.Zn/c55-43-42-22(15-40(99(87,88)89)44(43)66-64-23-1-4-25(5-2-23)94(72,73)74)16-41(100(90,91)92)45(46(42)69)67-65-38-17-24(3-14-39(38)98(84,85)86)68-93(70,71)26-6-10-30-34(18-26)51-57-47(30)56-48-31-11-7-27(95(75,76)77)19-35(31)52(58-48)59-49-32-12-8-28(96(78,79)80)20-36(32)53(60-49)61-50-33-13-9-29(97(81,82)83)21-37(33)54(62-50)63-51;/h1-21,68H,(H10-2,55,56,57,58,59,60,61,62,63,64,65,66,67,69,72,73,74,75,76,77,78,79,80,81,82,83,84,85,86,87,88,89,90,91,92);/q-2;+2. The van der Waals surface area contributed by atoms with E-state index < -0.39 is 176 Å². The van der Waals surface area contributed by atoms with Crippen molar-refractivity contribution in [3.8, 4) is 51.3 Å². The number of aromatic nitrogens is 8. The summed E-state index contributed by atoms with van der Waals surface area (Å²) in [4.78, 5) is 29.6. The summed E-state index contributed by atoms with van der Waals surface area (Å²) in [7, 11) is -41.0. The van der Waals surface area contributed by atoms with Gasteiger partial charge in [-0.2, -0.15) is 64.0 Å². The van der Waals surface area contributed by atoms with Crippen LogP contribution in [0.1, 0.15) is 0 Å². The van der Waals surface area contributed by atoms with E-state index in [1.165, 1.54) is 18.2 Å². The Morgan fingerprint density at radius 1 is 0.366 bits per heavy atom. The predicted octanol–water partition coefficient (Wildman–Crippen LogP) is 6.92. The molecule has 47 heteroatoms. The van der Waals surface area contributed by atoms with E-state index in [-0.39, 0.29) is 103 Å². The normalized spacial score (nSPS) is 13.3. The molecule has 2 aliphatic rings. The fraction of sp³-hybridized carbons (Fsp3) is 0. The van der Waals surface area contributed by atoms with Crippen LogP contribution in [-0.2, 0) is 100 Å². The summed E-state index contributed by atoms with van der Waals surface area (Å²) in [6.45, 7) is 0. The molecule has 11 N–H and O–H groups in total. The van der Waals surface area contributed by atoms with E-state index in [0.717, 1.165) is 84.9 Å². The predicted molar refractivity (Wildman–Crippen MR) is 345 cm³/mol. The van der Waals surface area contributed by atoms with Crippen molar-refractivity contribution in [3.63, 3.8) is 0 Å². The van der Waals surface area contributed by atoms with Crippen LogP contribution in [0, 0.1) is 0 Å². The summed E-state index contributed by atoms with van der Waals surface area (Å²) < 4.78 is 277. The van der Waals surface area contributed by atoms with Gasteiger partial charge in [0.1, 0.15) is 31.7 Å². The Kier molecular flexibility index (Phi) is 17.1. The van der Waals surface area contributed by atoms with E-state index in [0.29, 0.717) is 24.3 Å². The van der Waals surface area contributed by atoms with Crippen LogP contribution in [0.4, 0.5) is 34.1 Å². The molecule has 11 aromatic rings. The zero-order valence-corrected chi connectivity index (χ0v) is 58.7. The van der Waals surface area contributed by atoms with Gasteiger partial charge in [0.05, 0.1) is 70.2 Å².